The van der Waals surface area contributed by atoms with Crippen molar-refractivity contribution in [3.05, 3.63) is 0 Å². The molecule has 0 amide bonds. The summed E-state index contributed by atoms with van der Waals surface area (Å²) in [5.41, 5.74) is 0. The van der Waals surface area contributed by atoms with Crippen LogP contribution in [0.1, 0.15) is 324 Å². The van der Waals surface area contributed by atoms with Gasteiger partial charge in [0.25, 0.3) is 0 Å². The molecule has 0 aliphatic carbocycles. The van der Waals surface area contributed by atoms with Crippen LogP contribution in [0.4, 0.5) is 0 Å². The molecule has 0 aromatic carbocycles. The number of ether oxygens (including phenoxy) is 3. The highest BCUT2D eigenvalue weighted by Gasteiger charge is 2.19. The Labute approximate surface area is 406 Å². The maximum absolute atomic E-state index is 12.8. The van der Waals surface area contributed by atoms with Crippen LogP contribution in [0.3, 0.4) is 0 Å². The van der Waals surface area contributed by atoms with E-state index in [1.165, 1.54) is 205 Å². The van der Waals surface area contributed by atoms with Crippen LogP contribution >= 0.6 is 0 Å². The van der Waals surface area contributed by atoms with E-state index in [0.29, 0.717) is 19.3 Å². The lowest BCUT2D eigenvalue weighted by Crippen LogP contribution is -2.30. The molecule has 0 aromatic heterocycles. The zero-order valence-corrected chi connectivity index (χ0v) is 44.8. The molecule has 0 radical (unpaired) electrons. The Kier molecular flexibility index (Phi) is 49.1. The van der Waals surface area contributed by atoms with E-state index in [1.807, 2.05) is 0 Å². The van der Waals surface area contributed by atoms with Gasteiger partial charge in [-0.1, -0.05) is 286 Å². The van der Waals surface area contributed by atoms with Gasteiger partial charge in [0.2, 0.25) is 0 Å². The molecule has 386 valence electrons. The predicted octanol–water partition coefficient (Wildman–Crippen LogP) is 19.1. The van der Waals surface area contributed by atoms with Crippen LogP contribution in [0.2, 0.25) is 0 Å². The van der Waals surface area contributed by atoms with E-state index < -0.39 is 6.10 Å². The molecule has 1 atom stereocenters. The SMILES string of the molecule is CC(C)CCCCCCCCCCCCCCCCCCCCC(=O)OC[C@H](COC(=O)CCCCCCCCCCC(C)C)OC(=O)CCCCCCCCCCCCCCC(C)C. The molecule has 0 aliphatic heterocycles. The Morgan fingerprint density at radius 2 is 0.446 bits per heavy atom. The highest BCUT2D eigenvalue weighted by atomic mass is 16.6. The number of esters is 3. The molecular weight excluding hydrogens is 805 g/mol. The molecular formula is C59H114O6. The molecule has 0 fully saturated rings. The highest BCUT2D eigenvalue weighted by molar-refractivity contribution is 5.71. The minimum absolute atomic E-state index is 0.0638. The first-order valence-electron chi connectivity index (χ1n) is 29.1. The predicted molar refractivity (Wildman–Crippen MR) is 279 cm³/mol. The summed E-state index contributed by atoms with van der Waals surface area (Å²) in [5, 5.41) is 0. The minimum Gasteiger partial charge on any atom is -0.462 e. The first-order chi connectivity index (χ1) is 31.6. The summed E-state index contributed by atoms with van der Waals surface area (Å²) in [7, 11) is 0. The van der Waals surface area contributed by atoms with E-state index >= 15 is 0 Å². The zero-order valence-electron chi connectivity index (χ0n) is 44.8. The second-order valence-electron chi connectivity index (χ2n) is 21.7. The van der Waals surface area contributed by atoms with Crippen molar-refractivity contribution >= 4 is 17.9 Å². The quantitative estimate of drug-likeness (QED) is 0.0344. The van der Waals surface area contributed by atoms with Gasteiger partial charge in [-0.3, -0.25) is 14.4 Å². The van der Waals surface area contributed by atoms with Gasteiger partial charge < -0.3 is 14.2 Å². The third kappa shape index (κ3) is 53.2. The first kappa shape index (κ1) is 63.4. The fraction of sp³-hybridized carbons (Fsp3) is 0.949. The largest absolute Gasteiger partial charge is 0.462 e. The number of carbonyl (C=O) groups excluding carboxylic acids is 3. The van der Waals surface area contributed by atoms with Crippen molar-refractivity contribution < 1.29 is 28.6 Å². The normalized spacial score (nSPS) is 12.1. The van der Waals surface area contributed by atoms with Crippen molar-refractivity contribution in [3.63, 3.8) is 0 Å². The van der Waals surface area contributed by atoms with E-state index in [2.05, 4.69) is 41.5 Å². The molecule has 0 rings (SSSR count). The number of rotatable bonds is 52. The minimum atomic E-state index is -0.763. The van der Waals surface area contributed by atoms with Crippen LogP contribution in [0.25, 0.3) is 0 Å². The van der Waals surface area contributed by atoms with Crippen LogP contribution in [0, 0.1) is 17.8 Å². The van der Waals surface area contributed by atoms with Gasteiger partial charge in [-0.2, -0.15) is 0 Å². The van der Waals surface area contributed by atoms with Crippen LogP contribution in [0.15, 0.2) is 0 Å². The van der Waals surface area contributed by atoms with Crippen LogP contribution in [-0.4, -0.2) is 37.2 Å². The Morgan fingerprint density at radius 1 is 0.262 bits per heavy atom. The second-order valence-corrected chi connectivity index (χ2v) is 21.7. The second kappa shape index (κ2) is 50.3. The Morgan fingerprint density at radius 3 is 0.662 bits per heavy atom. The van der Waals surface area contributed by atoms with Crippen LogP contribution < -0.4 is 0 Å². The maximum atomic E-state index is 12.8. The molecule has 0 aromatic rings. The summed E-state index contributed by atoms with van der Waals surface area (Å²) < 4.78 is 16.9. The molecule has 0 bridgehead atoms. The summed E-state index contributed by atoms with van der Waals surface area (Å²) in [6, 6.07) is 0. The molecule has 0 saturated carbocycles. The van der Waals surface area contributed by atoms with Crippen LogP contribution in [-0.2, 0) is 28.6 Å². The van der Waals surface area contributed by atoms with Crippen molar-refractivity contribution in [1.29, 1.82) is 0 Å². The lowest BCUT2D eigenvalue weighted by Gasteiger charge is -2.18. The van der Waals surface area contributed by atoms with Gasteiger partial charge in [-0.15, -0.1) is 0 Å². The molecule has 6 heteroatoms. The van der Waals surface area contributed by atoms with Gasteiger partial charge in [0.15, 0.2) is 6.10 Å². The lowest BCUT2D eigenvalue weighted by atomic mass is 10.0. The zero-order chi connectivity index (χ0) is 47.7. The summed E-state index contributed by atoms with van der Waals surface area (Å²) in [4.78, 5) is 38.1. The number of carbonyl (C=O) groups is 3. The number of hydrogen-bond acceptors (Lipinski definition) is 6. The molecule has 65 heavy (non-hydrogen) atoms. The van der Waals surface area contributed by atoms with Gasteiger partial charge in [0.1, 0.15) is 13.2 Å². The molecule has 0 aliphatic rings. The summed E-state index contributed by atoms with van der Waals surface area (Å²) in [5.74, 6) is 1.64. The van der Waals surface area contributed by atoms with Crippen molar-refractivity contribution in [2.45, 2.75) is 330 Å². The van der Waals surface area contributed by atoms with E-state index in [-0.39, 0.29) is 31.1 Å². The van der Waals surface area contributed by atoms with Gasteiger partial charge in [-0.05, 0) is 37.0 Å². The molecule has 0 heterocycles. The van der Waals surface area contributed by atoms with Gasteiger partial charge in [0.05, 0.1) is 0 Å². The standard InChI is InChI=1S/C59H114O6/c1-53(2)45-39-33-27-21-17-13-11-9-7-8-10-12-14-19-23-30-36-42-48-57(60)63-51-56(52-64-58(61)49-43-37-31-26-25-29-35-41-47-55(5)6)65-59(62)50-44-38-32-24-20-16-15-18-22-28-34-40-46-54(3)4/h53-56H,7-52H2,1-6H3/t56-/m1/s1. The lowest BCUT2D eigenvalue weighted by molar-refractivity contribution is -0.167. The Balaban J connectivity index is 4.23. The first-order valence-corrected chi connectivity index (χ1v) is 29.1. The average Bonchev–Trinajstić information content (AvgIpc) is 3.26. The van der Waals surface area contributed by atoms with E-state index in [1.54, 1.807) is 0 Å². The topological polar surface area (TPSA) is 78.9 Å². The van der Waals surface area contributed by atoms with E-state index in [4.69, 9.17) is 14.2 Å². The molecule has 0 spiro atoms. The van der Waals surface area contributed by atoms with Crippen molar-refractivity contribution in [1.82, 2.24) is 0 Å². The average molecular weight is 920 g/mol. The third-order valence-electron chi connectivity index (χ3n) is 13.4. The van der Waals surface area contributed by atoms with Gasteiger partial charge in [0, 0.05) is 19.3 Å². The molecule has 6 nitrogen and oxygen atoms in total. The Hall–Kier alpha value is -1.59. The number of unbranched alkanes of at least 4 members (excludes halogenated alkanes) is 35. The smallest absolute Gasteiger partial charge is 0.306 e. The third-order valence-corrected chi connectivity index (χ3v) is 13.4. The Bertz CT molecular complexity index is 1010. The highest BCUT2D eigenvalue weighted by Crippen LogP contribution is 2.18. The fourth-order valence-electron chi connectivity index (χ4n) is 9.00. The van der Waals surface area contributed by atoms with Crippen molar-refractivity contribution in [3.8, 4) is 0 Å². The van der Waals surface area contributed by atoms with Crippen molar-refractivity contribution in [2.75, 3.05) is 13.2 Å². The maximum Gasteiger partial charge on any atom is 0.306 e. The van der Waals surface area contributed by atoms with Gasteiger partial charge in [-0.25, -0.2) is 0 Å². The summed E-state index contributed by atoms with van der Waals surface area (Å²) in [6.07, 6.45) is 52.5. The summed E-state index contributed by atoms with van der Waals surface area (Å²) >= 11 is 0. The van der Waals surface area contributed by atoms with Crippen LogP contribution in [0.5, 0.6) is 0 Å². The van der Waals surface area contributed by atoms with E-state index in [9.17, 15) is 14.4 Å². The van der Waals surface area contributed by atoms with Gasteiger partial charge >= 0.3 is 17.9 Å². The summed E-state index contributed by atoms with van der Waals surface area (Å²) in [6.45, 7) is 13.7. The monoisotopic (exact) mass is 919 g/mol. The van der Waals surface area contributed by atoms with E-state index in [0.717, 1.165) is 75.5 Å². The molecule has 0 saturated heterocycles. The molecule has 0 unspecified atom stereocenters. The molecule has 0 N–H and O–H groups in total. The van der Waals surface area contributed by atoms with Crippen molar-refractivity contribution in [2.24, 2.45) is 17.8 Å². The fourth-order valence-corrected chi connectivity index (χ4v) is 9.00. The number of hydrogen-bond donors (Lipinski definition) is 0.